The third-order valence-corrected chi connectivity index (χ3v) is 4.83. The highest BCUT2D eigenvalue weighted by molar-refractivity contribution is 5.87. The number of carbonyl (C=O) groups excluding carboxylic acids is 2. The van der Waals surface area contributed by atoms with Gasteiger partial charge in [0.15, 0.2) is 0 Å². The second kappa shape index (κ2) is 10.5. The van der Waals surface area contributed by atoms with Crippen molar-refractivity contribution in [3.63, 3.8) is 0 Å². The topological polar surface area (TPSA) is 79.3 Å². The first-order valence-electron chi connectivity index (χ1n) is 10.4. The van der Waals surface area contributed by atoms with Crippen molar-refractivity contribution in [1.82, 2.24) is 25.3 Å². The van der Waals surface area contributed by atoms with Gasteiger partial charge in [0.1, 0.15) is 6.04 Å². The molecule has 1 aromatic heterocycles. The predicted octanol–water partition coefficient (Wildman–Crippen LogP) is 2.61. The lowest BCUT2D eigenvalue weighted by Crippen LogP contribution is -2.47. The summed E-state index contributed by atoms with van der Waals surface area (Å²) in [6.07, 6.45) is 2.00. The van der Waals surface area contributed by atoms with E-state index in [0.29, 0.717) is 13.1 Å². The molecule has 0 aliphatic heterocycles. The first kappa shape index (κ1) is 22.2. The summed E-state index contributed by atoms with van der Waals surface area (Å²) in [5, 5.41) is 10.3. The molecule has 0 spiro atoms. The van der Waals surface area contributed by atoms with Gasteiger partial charge in [-0.05, 0) is 33.0 Å². The number of nitrogens with one attached hydrogen (secondary N) is 2. The largest absolute Gasteiger partial charge is 0.355 e. The highest BCUT2D eigenvalue weighted by atomic mass is 16.2. The van der Waals surface area contributed by atoms with Crippen LogP contribution in [0.2, 0.25) is 0 Å². The number of para-hydroxylation sites is 1. The molecule has 2 amide bonds. The van der Waals surface area contributed by atoms with E-state index in [1.165, 1.54) is 0 Å². The van der Waals surface area contributed by atoms with Gasteiger partial charge in [-0.1, -0.05) is 48.5 Å². The van der Waals surface area contributed by atoms with Crippen LogP contribution in [0.5, 0.6) is 0 Å². The van der Waals surface area contributed by atoms with Crippen molar-refractivity contribution >= 4 is 11.8 Å². The third-order valence-electron chi connectivity index (χ3n) is 4.83. The Morgan fingerprint density at radius 1 is 1.06 bits per heavy atom. The van der Waals surface area contributed by atoms with Gasteiger partial charge < -0.3 is 10.6 Å². The molecule has 0 fully saturated rings. The zero-order valence-electron chi connectivity index (χ0n) is 18.2. The summed E-state index contributed by atoms with van der Waals surface area (Å²) in [5.74, 6) is -0.382. The van der Waals surface area contributed by atoms with Crippen molar-refractivity contribution in [3.8, 4) is 16.9 Å². The number of hydrogen-bond acceptors (Lipinski definition) is 4. The Balaban J connectivity index is 1.74. The molecule has 0 aliphatic rings. The first-order chi connectivity index (χ1) is 15.0. The van der Waals surface area contributed by atoms with E-state index < -0.39 is 6.04 Å². The lowest BCUT2D eigenvalue weighted by molar-refractivity contribution is -0.129. The number of likely N-dealkylation sites (N-methyl/N-ethyl adjacent to an activating group) is 2. The lowest BCUT2D eigenvalue weighted by atomic mass is 10.1. The molecule has 0 aliphatic carbocycles. The second-order valence-electron chi connectivity index (χ2n) is 7.51. The zero-order valence-corrected chi connectivity index (χ0v) is 18.2. The molecule has 162 valence electrons. The molecule has 0 bridgehead atoms. The second-order valence-corrected chi connectivity index (χ2v) is 7.51. The molecule has 1 heterocycles. The monoisotopic (exact) mass is 419 g/mol. The van der Waals surface area contributed by atoms with Gasteiger partial charge in [0.25, 0.3) is 0 Å². The molecule has 2 N–H and O–H groups in total. The fraction of sp³-hybridized carbons (Fsp3) is 0.292. The normalized spacial score (nSPS) is 11.9. The molecule has 31 heavy (non-hydrogen) atoms. The predicted molar refractivity (Wildman–Crippen MR) is 122 cm³/mol. The van der Waals surface area contributed by atoms with Gasteiger partial charge in [0.2, 0.25) is 11.8 Å². The van der Waals surface area contributed by atoms with Crippen molar-refractivity contribution in [1.29, 1.82) is 0 Å². The number of rotatable bonds is 9. The summed E-state index contributed by atoms with van der Waals surface area (Å²) >= 11 is 0. The van der Waals surface area contributed by atoms with Crippen LogP contribution in [0, 0.1) is 0 Å². The number of amides is 2. The number of aromatic nitrogens is 2. The van der Waals surface area contributed by atoms with Gasteiger partial charge >= 0.3 is 0 Å². The minimum atomic E-state index is -0.568. The number of benzene rings is 2. The Morgan fingerprint density at radius 2 is 1.71 bits per heavy atom. The summed E-state index contributed by atoms with van der Waals surface area (Å²) in [4.78, 5) is 26.1. The Bertz CT molecular complexity index is 1000. The highest BCUT2D eigenvalue weighted by Gasteiger charge is 2.18. The van der Waals surface area contributed by atoms with Gasteiger partial charge in [0.05, 0.1) is 17.9 Å². The van der Waals surface area contributed by atoms with Crippen molar-refractivity contribution in [2.75, 3.05) is 20.1 Å². The van der Waals surface area contributed by atoms with Gasteiger partial charge in [0, 0.05) is 30.4 Å². The third kappa shape index (κ3) is 6.02. The summed E-state index contributed by atoms with van der Waals surface area (Å²) in [6, 6.07) is 19.4. The molecule has 0 saturated carbocycles. The van der Waals surface area contributed by atoms with E-state index >= 15 is 0 Å². The molecular weight excluding hydrogens is 390 g/mol. The lowest BCUT2D eigenvalue weighted by Gasteiger charge is -2.18. The summed E-state index contributed by atoms with van der Waals surface area (Å²) in [7, 11) is 1.88. The SMILES string of the molecule is CCNC(=O)[C@H](C)NC(=O)CN(C)Cc1cn(-c2ccccc2)nc1-c1ccccc1. The maximum Gasteiger partial charge on any atom is 0.242 e. The Morgan fingerprint density at radius 3 is 2.35 bits per heavy atom. The number of carbonyl (C=O) groups is 2. The summed E-state index contributed by atoms with van der Waals surface area (Å²) in [6.45, 7) is 4.78. The smallest absolute Gasteiger partial charge is 0.242 e. The molecular formula is C24H29N5O2. The molecule has 0 unspecified atom stereocenters. The molecule has 0 saturated heterocycles. The van der Waals surface area contributed by atoms with Gasteiger partial charge in [-0.15, -0.1) is 0 Å². The summed E-state index contributed by atoms with van der Waals surface area (Å²) < 4.78 is 1.86. The fourth-order valence-corrected chi connectivity index (χ4v) is 3.35. The van der Waals surface area contributed by atoms with Crippen LogP contribution >= 0.6 is 0 Å². The number of hydrogen-bond donors (Lipinski definition) is 2. The van der Waals surface area contributed by atoms with Crippen molar-refractivity contribution in [3.05, 3.63) is 72.4 Å². The van der Waals surface area contributed by atoms with E-state index in [9.17, 15) is 9.59 Å². The average molecular weight is 420 g/mol. The highest BCUT2D eigenvalue weighted by Crippen LogP contribution is 2.24. The van der Waals surface area contributed by atoms with Crippen LogP contribution in [-0.4, -0.2) is 52.7 Å². The van der Waals surface area contributed by atoms with E-state index in [0.717, 1.165) is 22.5 Å². The van der Waals surface area contributed by atoms with Crippen molar-refractivity contribution < 1.29 is 9.59 Å². The molecule has 0 radical (unpaired) electrons. The van der Waals surface area contributed by atoms with Crippen LogP contribution in [0.3, 0.4) is 0 Å². The van der Waals surface area contributed by atoms with Crippen LogP contribution in [0.4, 0.5) is 0 Å². The maximum absolute atomic E-state index is 12.4. The molecule has 3 rings (SSSR count). The minimum Gasteiger partial charge on any atom is -0.355 e. The van der Waals surface area contributed by atoms with Crippen LogP contribution < -0.4 is 10.6 Å². The van der Waals surface area contributed by atoms with Gasteiger partial charge in [-0.25, -0.2) is 4.68 Å². The van der Waals surface area contributed by atoms with E-state index in [-0.39, 0.29) is 18.4 Å². The molecule has 1 atom stereocenters. The van der Waals surface area contributed by atoms with Gasteiger partial charge in [-0.2, -0.15) is 5.10 Å². The van der Waals surface area contributed by atoms with E-state index in [1.807, 2.05) is 90.4 Å². The van der Waals surface area contributed by atoms with Gasteiger partial charge in [-0.3, -0.25) is 14.5 Å². The molecule has 7 nitrogen and oxygen atoms in total. The average Bonchev–Trinajstić information content (AvgIpc) is 3.18. The van der Waals surface area contributed by atoms with E-state index in [1.54, 1.807) is 6.92 Å². The first-order valence-corrected chi connectivity index (χ1v) is 10.4. The molecule has 3 aromatic rings. The van der Waals surface area contributed by atoms with Crippen molar-refractivity contribution in [2.24, 2.45) is 0 Å². The minimum absolute atomic E-state index is 0.175. The fourth-order valence-electron chi connectivity index (χ4n) is 3.35. The Kier molecular flexibility index (Phi) is 7.56. The Hall–Kier alpha value is -3.45. The Labute approximate surface area is 183 Å². The van der Waals surface area contributed by atoms with E-state index in [4.69, 9.17) is 5.10 Å². The van der Waals surface area contributed by atoms with Crippen LogP contribution in [-0.2, 0) is 16.1 Å². The summed E-state index contributed by atoms with van der Waals surface area (Å²) in [5.41, 5.74) is 3.89. The van der Waals surface area contributed by atoms with Crippen LogP contribution in [0.1, 0.15) is 19.4 Å². The quantitative estimate of drug-likeness (QED) is 0.559. The molecule has 7 heteroatoms. The van der Waals surface area contributed by atoms with E-state index in [2.05, 4.69) is 10.6 Å². The van der Waals surface area contributed by atoms with Crippen molar-refractivity contribution in [2.45, 2.75) is 26.4 Å². The molecule has 2 aromatic carbocycles. The zero-order chi connectivity index (χ0) is 22.2. The van der Waals surface area contributed by atoms with Crippen LogP contribution in [0.15, 0.2) is 66.9 Å². The number of nitrogens with zero attached hydrogens (tertiary/aromatic N) is 3. The maximum atomic E-state index is 12.4. The van der Waals surface area contributed by atoms with Crippen LogP contribution in [0.25, 0.3) is 16.9 Å². The standard InChI is InChI=1S/C24H29N5O2/c1-4-25-24(31)18(2)26-22(30)17-28(3)15-20-16-29(21-13-9-6-10-14-21)27-23(20)19-11-7-5-8-12-19/h5-14,16,18H,4,15,17H2,1-3H3,(H,25,31)(H,26,30)/t18-/m0/s1.